The first-order valence-corrected chi connectivity index (χ1v) is 3.65. The molecule has 0 aromatic rings. The van der Waals surface area contributed by atoms with Crippen molar-refractivity contribution in [2.45, 2.75) is 19.3 Å². The third-order valence-corrected chi connectivity index (χ3v) is 1.33. The van der Waals surface area contributed by atoms with Crippen molar-refractivity contribution in [3.63, 3.8) is 0 Å². The number of ether oxygens (including phenoxy) is 3. The SMILES string of the molecule is CCOCC(N)C(OC)OC. The van der Waals surface area contributed by atoms with Gasteiger partial charge in [-0.05, 0) is 6.92 Å². The lowest BCUT2D eigenvalue weighted by molar-refractivity contribution is -0.126. The third kappa shape index (κ3) is 4.31. The van der Waals surface area contributed by atoms with E-state index in [2.05, 4.69) is 0 Å². The van der Waals surface area contributed by atoms with Crippen molar-refractivity contribution in [2.75, 3.05) is 27.4 Å². The summed E-state index contributed by atoms with van der Waals surface area (Å²) in [4.78, 5) is 0. The van der Waals surface area contributed by atoms with Gasteiger partial charge in [0.25, 0.3) is 0 Å². The van der Waals surface area contributed by atoms with Gasteiger partial charge in [0, 0.05) is 20.8 Å². The molecule has 1 atom stereocenters. The predicted octanol–water partition coefficient (Wildman–Crippen LogP) is -0.0309. The van der Waals surface area contributed by atoms with Gasteiger partial charge in [0.1, 0.15) is 0 Å². The van der Waals surface area contributed by atoms with Crippen molar-refractivity contribution in [1.29, 1.82) is 0 Å². The molecule has 68 valence electrons. The fraction of sp³-hybridized carbons (Fsp3) is 1.00. The van der Waals surface area contributed by atoms with Crippen LogP contribution in [0.3, 0.4) is 0 Å². The highest BCUT2D eigenvalue weighted by Gasteiger charge is 2.15. The molecule has 0 spiro atoms. The van der Waals surface area contributed by atoms with Crippen LogP contribution in [0.1, 0.15) is 6.92 Å². The van der Waals surface area contributed by atoms with Crippen LogP contribution in [-0.4, -0.2) is 39.8 Å². The highest BCUT2D eigenvalue weighted by Crippen LogP contribution is 1.96. The summed E-state index contributed by atoms with van der Waals surface area (Å²) in [6, 6.07) is -0.218. The van der Waals surface area contributed by atoms with E-state index in [-0.39, 0.29) is 12.3 Å². The smallest absolute Gasteiger partial charge is 0.174 e. The summed E-state index contributed by atoms with van der Waals surface area (Å²) >= 11 is 0. The van der Waals surface area contributed by atoms with E-state index in [0.717, 1.165) is 0 Å². The minimum absolute atomic E-state index is 0.218. The molecule has 0 radical (unpaired) electrons. The number of methoxy groups -OCH3 is 2. The molecule has 0 aliphatic carbocycles. The van der Waals surface area contributed by atoms with Crippen LogP contribution < -0.4 is 5.73 Å². The minimum Gasteiger partial charge on any atom is -0.380 e. The Balaban J connectivity index is 3.51. The second-order valence-corrected chi connectivity index (χ2v) is 2.16. The lowest BCUT2D eigenvalue weighted by Crippen LogP contribution is -2.41. The molecule has 4 nitrogen and oxygen atoms in total. The van der Waals surface area contributed by atoms with E-state index in [1.807, 2.05) is 6.92 Å². The normalized spacial score (nSPS) is 13.9. The average molecular weight is 163 g/mol. The summed E-state index contributed by atoms with van der Waals surface area (Å²) in [6.07, 6.45) is -0.374. The van der Waals surface area contributed by atoms with E-state index in [0.29, 0.717) is 13.2 Å². The maximum Gasteiger partial charge on any atom is 0.174 e. The van der Waals surface area contributed by atoms with Crippen LogP contribution in [0.15, 0.2) is 0 Å². The van der Waals surface area contributed by atoms with Crippen LogP contribution in [0.5, 0.6) is 0 Å². The molecule has 0 aliphatic rings. The van der Waals surface area contributed by atoms with Crippen LogP contribution in [0.4, 0.5) is 0 Å². The second kappa shape index (κ2) is 6.54. The first-order chi connectivity index (χ1) is 5.26. The predicted molar refractivity (Wildman–Crippen MR) is 42.3 cm³/mol. The highest BCUT2D eigenvalue weighted by atomic mass is 16.7. The molecule has 0 aromatic carbocycles. The Hall–Kier alpha value is -0.160. The van der Waals surface area contributed by atoms with Crippen molar-refractivity contribution in [3.8, 4) is 0 Å². The molecule has 0 amide bonds. The molecule has 0 fully saturated rings. The fourth-order valence-corrected chi connectivity index (χ4v) is 0.778. The minimum atomic E-state index is -0.374. The summed E-state index contributed by atoms with van der Waals surface area (Å²) in [5.74, 6) is 0. The van der Waals surface area contributed by atoms with Crippen molar-refractivity contribution >= 4 is 0 Å². The Morgan fingerprint density at radius 1 is 1.27 bits per heavy atom. The third-order valence-electron chi connectivity index (χ3n) is 1.33. The second-order valence-electron chi connectivity index (χ2n) is 2.16. The monoisotopic (exact) mass is 163 g/mol. The largest absolute Gasteiger partial charge is 0.380 e. The molecule has 1 unspecified atom stereocenters. The van der Waals surface area contributed by atoms with Gasteiger partial charge in [0.05, 0.1) is 12.6 Å². The summed E-state index contributed by atoms with van der Waals surface area (Å²) in [7, 11) is 3.11. The van der Waals surface area contributed by atoms with E-state index in [1.165, 1.54) is 0 Å². The number of hydrogen-bond acceptors (Lipinski definition) is 4. The summed E-state index contributed by atoms with van der Waals surface area (Å²) in [5.41, 5.74) is 5.65. The molecule has 0 bridgehead atoms. The summed E-state index contributed by atoms with van der Waals surface area (Å²) in [5, 5.41) is 0. The zero-order chi connectivity index (χ0) is 8.69. The zero-order valence-electron chi connectivity index (χ0n) is 7.37. The molecule has 0 aliphatic heterocycles. The molecule has 0 aromatic heterocycles. The first kappa shape index (κ1) is 10.8. The van der Waals surface area contributed by atoms with Crippen LogP contribution in [0.2, 0.25) is 0 Å². The van der Waals surface area contributed by atoms with E-state index < -0.39 is 0 Å². The molecular weight excluding hydrogens is 146 g/mol. The molecule has 4 heteroatoms. The van der Waals surface area contributed by atoms with E-state index >= 15 is 0 Å². The molecule has 0 rings (SSSR count). The lowest BCUT2D eigenvalue weighted by Gasteiger charge is -2.20. The quantitative estimate of drug-likeness (QED) is 0.559. The van der Waals surface area contributed by atoms with Gasteiger partial charge in [-0.25, -0.2) is 0 Å². The van der Waals surface area contributed by atoms with Gasteiger partial charge < -0.3 is 19.9 Å². The first-order valence-electron chi connectivity index (χ1n) is 3.65. The van der Waals surface area contributed by atoms with Crippen LogP contribution in [0, 0.1) is 0 Å². The average Bonchev–Trinajstić information content (AvgIpc) is 2.03. The van der Waals surface area contributed by atoms with Gasteiger partial charge >= 0.3 is 0 Å². The number of rotatable bonds is 6. The topological polar surface area (TPSA) is 53.7 Å². The molecule has 0 saturated carbocycles. The summed E-state index contributed by atoms with van der Waals surface area (Å²) in [6.45, 7) is 3.04. The van der Waals surface area contributed by atoms with Gasteiger partial charge in [-0.1, -0.05) is 0 Å². The summed E-state index contributed by atoms with van der Waals surface area (Å²) < 4.78 is 15.0. The fourth-order valence-electron chi connectivity index (χ4n) is 0.778. The van der Waals surface area contributed by atoms with Crippen molar-refractivity contribution in [3.05, 3.63) is 0 Å². The van der Waals surface area contributed by atoms with Crippen LogP contribution in [0.25, 0.3) is 0 Å². The number of nitrogens with two attached hydrogens (primary N) is 1. The molecule has 0 saturated heterocycles. The maximum absolute atomic E-state index is 5.65. The Morgan fingerprint density at radius 3 is 2.18 bits per heavy atom. The zero-order valence-corrected chi connectivity index (χ0v) is 7.37. The molecular formula is C7H17NO3. The number of hydrogen-bond donors (Lipinski definition) is 1. The van der Waals surface area contributed by atoms with Gasteiger partial charge in [0.2, 0.25) is 0 Å². The van der Waals surface area contributed by atoms with Crippen LogP contribution in [-0.2, 0) is 14.2 Å². The van der Waals surface area contributed by atoms with E-state index in [9.17, 15) is 0 Å². The molecule has 11 heavy (non-hydrogen) atoms. The van der Waals surface area contributed by atoms with Crippen molar-refractivity contribution < 1.29 is 14.2 Å². The maximum atomic E-state index is 5.65. The Labute approximate surface area is 67.6 Å². The Morgan fingerprint density at radius 2 is 1.82 bits per heavy atom. The van der Waals surface area contributed by atoms with Gasteiger partial charge in [-0.3, -0.25) is 0 Å². The van der Waals surface area contributed by atoms with E-state index in [1.54, 1.807) is 14.2 Å². The Kier molecular flexibility index (Phi) is 6.45. The highest BCUT2D eigenvalue weighted by molar-refractivity contribution is 4.63. The van der Waals surface area contributed by atoms with Crippen molar-refractivity contribution in [1.82, 2.24) is 0 Å². The van der Waals surface area contributed by atoms with E-state index in [4.69, 9.17) is 19.9 Å². The van der Waals surface area contributed by atoms with Gasteiger partial charge in [0.15, 0.2) is 6.29 Å². The standard InChI is InChI=1S/C7H17NO3/c1-4-11-5-6(8)7(9-2)10-3/h6-7H,4-5,8H2,1-3H3. The molecule has 2 N–H and O–H groups in total. The Bertz CT molecular complexity index is 85.8. The van der Waals surface area contributed by atoms with Gasteiger partial charge in [-0.15, -0.1) is 0 Å². The molecule has 0 heterocycles. The van der Waals surface area contributed by atoms with Crippen molar-refractivity contribution in [2.24, 2.45) is 5.73 Å². The van der Waals surface area contributed by atoms with Crippen LogP contribution >= 0.6 is 0 Å². The van der Waals surface area contributed by atoms with Gasteiger partial charge in [-0.2, -0.15) is 0 Å². The lowest BCUT2D eigenvalue weighted by atomic mass is 10.3.